The second-order valence-electron chi connectivity index (χ2n) is 6.01. The van der Waals surface area contributed by atoms with Gasteiger partial charge in [0.05, 0.1) is 11.1 Å². The third-order valence-corrected chi connectivity index (χ3v) is 4.44. The van der Waals surface area contributed by atoms with Gasteiger partial charge in [-0.2, -0.15) is 13.2 Å². The van der Waals surface area contributed by atoms with Crippen LogP contribution in [0.1, 0.15) is 21.5 Å². The zero-order valence-electron chi connectivity index (χ0n) is 14.0. The first-order valence-corrected chi connectivity index (χ1v) is 8.17. The minimum absolute atomic E-state index is 0.120. The molecule has 1 amide bonds. The predicted molar refractivity (Wildman–Crippen MR) is 93.9 cm³/mol. The first-order chi connectivity index (χ1) is 12.4. The van der Waals surface area contributed by atoms with Gasteiger partial charge in [0.25, 0.3) is 5.91 Å². The number of benzene rings is 2. The topological polar surface area (TPSA) is 23.6 Å². The summed E-state index contributed by atoms with van der Waals surface area (Å²) < 4.78 is 38.0. The van der Waals surface area contributed by atoms with Gasteiger partial charge in [-0.1, -0.05) is 18.1 Å². The molecule has 1 fully saturated rings. The Morgan fingerprint density at radius 3 is 2.15 bits per heavy atom. The highest BCUT2D eigenvalue weighted by atomic mass is 19.4. The maximum absolute atomic E-state index is 12.7. The zero-order chi connectivity index (χ0) is 18.7. The first kappa shape index (κ1) is 17.9. The number of alkyl halides is 3. The first-order valence-electron chi connectivity index (χ1n) is 8.17. The number of carbonyl (C=O) groups is 1. The van der Waals surface area contributed by atoms with Crippen LogP contribution in [0, 0.1) is 12.3 Å². The fraction of sp³-hybridized carbons (Fsp3) is 0.250. The summed E-state index contributed by atoms with van der Waals surface area (Å²) in [6.07, 6.45) is 1.11. The molecule has 0 unspecified atom stereocenters. The van der Waals surface area contributed by atoms with E-state index >= 15 is 0 Å². The van der Waals surface area contributed by atoms with Crippen LogP contribution in [0.3, 0.4) is 0 Å². The molecule has 26 heavy (non-hydrogen) atoms. The molecule has 0 bridgehead atoms. The average Bonchev–Trinajstić information content (AvgIpc) is 2.67. The minimum atomic E-state index is -4.34. The van der Waals surface area contributed by atoms with Crippen LogP contribution in [-0.2, 0) is 6.18 Å². The van der Waals surface area contributed by atoms with Crippen LogP contribution in [0.4, 0.5) is 18.9 Å². The second kappa shape index (κ2) is 7.12. The number of hydrogen-bond donors (Lipinski definition) is 0. The highest BCUT2D eigenvalue weighted by Crippen LogP contribution is 2.30. The molecular weight excluding hydrogens is 341 g/mol. The lowest BCUT2D eigenvalue weighted by atomic mass is 10.1. The van der Waals surface area contributed by atoms with Crippen LogP contribution in [0.2, 0.25) is 0 Å². The van der Waals surface area contributed by atoms with Gasteiger partial charge in [-0.15, -0.1) is 6.42 Å². The number of anilines is 1. The van der Waals surface area contributed by atoms with E-state index in [1.807, 2.05) is 4.90 Å². The van der Waals surface area contributed by atoms with E-state index < -0.39 is 11.7 Å². The van der Waals surface area contributed by atoms with Gasteiger partial charge in [0.15, 0.2) is 0 Å². The molecule has 6 heteroatoms. The monoisotopic (exact) mass is 358 g/mol. The van der Waals surface area contributed by atoms with Gasteiger partial charge in [0, 0.05) is 37.4 Å². The molecule has 0 saturated carbocycles. The van der Waals surface area contributed by atoms with Crippen molar-refractivity contribution in [1.82, 2.24) is 4.90 Å². The van der Waals surface area contributed by atoms with E-state index in [0.29, 0.717) is 43.0 Å². The number of rotatable bonds is 2. The average molecular weight is 358 g/mol. The standard InChI is InChI=1S/C20H17F3N2O/c1-2-15-5-3-4-6-18(15)19(26)25-13-11-24(12-14-25)17-9-7-16(8-10-17)20(21,22)23/h1,3-10H,11-14H2. The number of amides is 1. The molecular formula is C20H17F3N2O. The largest absolute Gasteiger partial charge is 0.416 e. The quantitative estimate of drug-likeness (QED) is 0.765. The number of nitrogens with zero attached hydrogens (tertiary/aromatic N) is 2. The van der Waals surface area contributed by atoms with Gasteiger partial charge < -0.3 is 9.80 Å². The third kappa shape index (κ3) is 3.67. The van der Waals surface area contributed by atoms with E-state index in [-0.39, 0.29) is 5.91 Å². The highest BCUT2D eigenvalue weighted by molar-refractivity contribution is 5.96. The second-order valence-corrected chi connectivity index (χ2v) is 6.01. The number of piperazine rings is 1. The van der Waals surface area contributed by atoms with Crippen LogP contribution < -0.4 is 4.90 Å². The molecule has 134 valence electrons. The SMILES string of the molecule is C#Cc1ccccc1C(=O)N1CCN(c2ccc(C(F)(F)F)cc2)CC1. The molecule has 2 aromatic rings. The fourth-order valence-electron chi connectivity index (χ4n) is 2.99. The van der Waals surface area contributed by atoms with Crippen molar-refractivity contribution in [1.29, 1.82) is 0 Å². The van der Waals surface area contributed by atoms with Crippen molar-refractivity contribution in [3.8, 4) is 12.3 Å². The Kier molecular flexibility index (Phi) is 4.90. The maximum atomic E-state index is 12.7. The van der Waals surface area contributed by atoms with E-state index in [9.17, 15) is 18.0 Å². The summed E-state index contributed by atoms with van der Waals surface area (Å²) in [4.78, 5) is 16.4. The van der Waals surface area contributed by atoms with Gasteiger partial charge in [-0.05, 0) is 36.4 Å². The Morgan fingerprint density at radius 2 is 1.58 bits per heavy atom. The molecule has 3 nitrogen and oxygen atoms in total. The lowest BCUT2D eigenvalue weighted by molar-refractivity contribution is -0.137. The number of terminal acetylenes is 1. The van der Waals surface area contributed by atoms with Gasteiger partial charge in [0.1, 0.15) is 0 Å². The molecule has 1 saturated heterocycles. The highest BCUT2D eigenvalue weighted by Gasteiger charge is 2.30. The third-order valence-electron chi connectivity index (χ3n) is 4.44. The Balaban J connectivity index is 1.66. The Morgan fingerprint density at radius 1 is 0.962 bits per heavy atom. The van der Waals surface area contributed by atoms with Crippen LogP contribution in [0.5, 0.6) is 0 Å². The molecule has 0 atom stereocenters. The fourth-order valence-corrected chi connectivity index (χ4v) is 2.99. The summed E-state index contributed by atoms with van der Waals surface area (Å²) >= 11 is 0. The molecule has 0 aromatic heterocycles. The van der Waals surface area contributed by atoms with E-state index in [2.05, 4.69) is 5.92 Å². The van der Waals surface area contributed by atoms with Crippen molar-refractivity contribution in [3.05, 3.63) is 65.2 Å². The van der Waals surface area contributed by atoms with E-state index in [1.165, 1.54) is 12.1 Å². The molecule has 3 rings (SSSR count). The van der Waals surface area contributed by atoms with Gasteiger partial charge in [0.2, 0.25) is 0 Å². The lowest BCUT2D eigenvalue weighted by Crippen LogP contribution is -2.49. The summed E-state index contributed by atoms with van der Waals surface area (Å²) in [7, 11) is 0. The summed E-state index contributed by atoms with van der Waals surface area (Å²) in [5.41, 5.74) is 1.11. The van der Waals surface area contributed by atoms with Gasteiger partial charge in [-0.3, -0.25) is 4.79 Å². The smallest absolute Gasteiger partial charge is 0.368 e. The van der Waals surface area contributed by atoms with Crippen molar-refractivity contribution < 1.29 is 18.0 Å². The van der Waals surface area contributed by atoms with Crippen LogP contribution in [0.25, 0.3) is 0 Å². The maximum Gasteiger partial charge on any atom is 0.416 e. The Bertz CT molecular complexity index is 829. The summed E-state index contributed by atoms with van der Waals surface area (Å²) in [6.45, 7) is 2.07. The molecule has 2 aromatic carbocycles. The van der Waals surface area contributed by atoms with E-state index in [0.717, 1.165) is 12.1 Å². The Labute approximate surface area is 150 Å². The lowest BCUT2D eigenvalue weighted by Gasteiger charge is -2.36. The molecule has 0 N–H and O–H groups in total. The van der Waals surface area contributed by atoms with Crippen molar-refractivity contribution in [2.24, 2.45) is 0 Å². The van der Waals surface area contributed by atoms with E-state index in [4.69, 9.17) is 6.42 Å². The van der Waals surface area contributed by atoms with E-state index in [1.54, 1.807) is 29.2 Å². The molecule has 1 aliphatic heterocycles. The van der Waals surface area contributed by atoms with Crippen molar-refractivity contribution in [2.45, 2.75) is 6.18 Å². The summed E-state index contributed by atoms with van der Waals surface area (Å²) in [5, 5.41) is 0. The zero-order valence-corrected chi connectivity index (χ0v) is 14.0. The number of halogens is 3. The Hall–Kier alpha value is -2.94. The molecule has 0 spiro atoms. The number of hydrogen-bond acceptors (Lipinski definition) is 2. The van der Waals surface area contributed by atoms with Crippen molar-refractivity contribution in [2.75, 3.05) is 31.1 Å². The van der Waals surface area contributed by atoms with Crippen LogP contribution >= 0.6 is 0 Å². The van der Waals surface area contributed by atoms with Crippen LogP contribution in [0.15, 0.2) is 48.5 Å². The predicted octanol–water partition coefficient (Wildman–Crippen LogP) is 3.65. The van der Waals surface area contributed by atoms with Crippen molar-refractivity contribution in [3.63, 3.8) is 0 Å². The molecule has 0 radical (unpaired) electrons. The van der Waals surface area contributed by atoms with Crippen LogP contribution in [-0.4, -0.2) is 37.0 Å². The van der Waals surface area contributed by atoms with Crippen molar-refractivity contribution >= 4 is 11.6 Å². The summed E-state index contributed by atoms with van der Waals surface area (Å²) in [5.74, 6) is 2.40. The molecule has 0 aliphatic carbocycles. The van der Waals surface area contributed by atoms with Gasteiger partial charge >= 0.3 is 6.18 Å². The van der Waals surface area contributed by atoms with Gasteiger partial charge in [-0.25, -0.2) is 0 Å². The molecule has 1 heterocycles. The summed E-state index contributed by atoms with van der Waals surface area (Å²) in [6, 6.07) is 12.1. The number of carbonyl (C=O) groups excluding carboxylic acids is 1. The normalized spacial score (nSPS) is 14.8. The molecule has 1 aliphatic rings. The minimum Gasteiger partial charge on any atom is -0.368 e.